The summed E-state index contributed by atoms with van der Waals surface area (Å²) in [4.78, 5) is 10.7. The molecule has 0 unspecified atom stereocenters. The van der Waals surface area contributed by atoms with Gasteiger partial charge in [-0.1, -0.05) is 11.6 Å². The number of rotatable bonds is 9. The number of ether oxygens (including phenoxy) is 2. The Balaban J connectivity index is 2.72. The lowest BCUT2D eigenvalue weighted by Gasteiger charge is -2.08. The van der Waals surface area contributed by atoms with E-state index < -0.39 is 4.92 Å². The van der Waals surface area contributed by atoms with E-state index in [1.54, 1.807) is 13.2 Å². The lowest BCUT2D eigenvalue weighted by molar-refractivity contribution is -0.385. The van der Waals surface area contributed by atoms with Crippen molar-refractivity contribution >= 4 is 5.69 Å². The lowest BCUT2D eigenvalue weighted by atomic mass is 10.2. The second-order valence-electron chi connectivity index (χ2n) is 4.82. The minimum atomic E-state index is -0.420. The monoisotopic (exact) mass is 294 g/mol. The van der Waals surface area contributed by atoms with Crippen molar-refractivity contribution < 1.29 is 14.4 Å². The summed E-state index contributed by atoms with van der Waals surface area (Å²) in [6.07, 6.45) is 1.88. The van der Waals surface area contributed by atoms with E-state index in [-0.39, 0.29) is 11.4 Å². The number of hydrogen-bond donors (Lipinski definition) is 1. The molecule has 0 spiro atoms. The van der Waals surface area contributed by atoms with Crippen LogP contribution in [-0.4, -0.2) is 31.8 Å². The van der Waals surface area contributed by atoms with Crippen molar-refractivity contribution in [2.24, 2.45) is 0 Å². The average molecular weight is 294 g/mol. The minimum absolute atomic E-state index is 0.0109. The summed E-state index contributed by atoms with van der Waals surface area (Å²) in [5.41, 5.74) is 1.94. The molecule has 0 bridgehead atoms. The fourth-order valence-electron chi connectivity index (χ4n) is 1.64. The largest absolute Gasteiger partial charge is 0.483 e. The lowest BCUT2D eigenvalue weighted by Crippen LogP contribution is -2.18. The molecule has 1 rings (SSSR count). The number of methoxy groups -OCH3 is 1. The number of nitro groups is 1. The first-order valence-corrected chi connectivity index (χ1v) is 6.77. The standard InChI is InChI=1S/C15H22N2O4/c1-12(2)6-8-21-15-5-4-13(10-14(15)17(18)19)11-16-7-9-20-3/h4-6,10,16H,7-9,11H2,1-3H3. The molecule has 0 heterocycles. The molecule has 0 radical (unpaired) electrons. The maximum absolute atomic E-state index is 11.1. The van der Waals surface area contributed by atoms with Crippen molar-refractivity contribution in [1.29, 1.82) is 0 Å². The van der Waals surface area contributed by atoms with Gasteiger partial charge >= 0.3 is 5.69 Å². The van der Waals surface area contributed by atoms with E-state index >= 15 is 0 Å². The molecule has 1 aromatic carbocycles. The molecule has 0 aromatic heterocycles. The Hall–Kier alpha value is -1.92. The summed E-state index contributed by atoms with van der Waals surface area (Å²) in [6.45, 7) is 6.08. The third-order valence-electron chi connectivity index (χ3n) is 2.76. The highest BCUT2D eigenvalue weighted by molar-refractivity contribution is 5.48. The molecule has 0 aliphatic heterocycles. The second kappa shape index (κ2) is 9.10. The highest BCUT2D eigenvalue weighted by atomic mass is 16.6. The molecule has 0 saturated heterocycles. The quantitative estimate of drug-likeness (QED) is 0.328. The van der Waals surface area contributed by atoms with Gasteiger partial charge in [0.25, 0.3) is 0 Å². The molecule has 0 saturated carbocycles. The molecule has 6 nitrogen and oxygen atoms in total. The molecule has 1 aromatic rings. The first-order chi connectivity index (χ1) is 10.0. The maximum atomic E-state index is 11.1. The Labute approximate surface area is 124 Å². The van der Waals surface area contributed by atoms with Gasteiger partial charge in [0.1, 0.15) is 6.61 Å². The molecule has 6 heteroatoms. The Morgan fingerprint density at radius 1 is 1.43 bits per heavy atom. The summed E-state index contributed by atoms with van der Waals surface area (Å²) in [6, 6.07) is 5.01. The summed E-state index contributed by atoms with van der Waals surface area (Å²) in [7, 11) is 1.63. The summed E-state index contributed by atoms with van der Waals surface area (Å²) in [5, 5.41) is 14.3. The second-order valence-corrected chi connectivity index (χ2v) is 4.82. The first-order valence-electron chi connectivity index (χ1n) is 6.77. The van der Waals surface area contributed by atoms with Crippen LogP contribution in [0.3, 0.4) is 0 Å². The highest BCUT2D eigenvalue weighted by Gasteiger charge is 2.15. The van der Waals surface area contributed by atoms with Crippen molar-refractivity contribution in [2.75, 3.05) is 26.9 Å². The van der Waals surface area contributed by atoms with E-state index in [0.717, 1.165) is 11.1 Å². The Morgan fingerprint density at radius 3 is 2.81 bits per heavy atom. The molecule has 21 heavy (non-hydrogen) atoms. The van der Waals surface area contributed by atoms with Gasteiger partial charge in [0.05, 0.1) is 11.5 Å². The van der Waals surface area contributed by atoms with E-state index in [2.05, 4.69) is 5.32 Å². The normalized spacial score (nSPS) is 10.2. The number of benzene rings is 1. The van der Waals surface area contributed by atoms with Crippen LogP contribution in [0.25, 0.3) is 0 Å². The summed E-state index contributed by atoms with van der Waals surface area (Å²) >= 11 is 0. The number of allylic oxidation sites excluding steroid dienone is 1. The van der Waals surface area contributed by atoms with Crippen LogP contribution in [0, 0.1) is 10.1 Å². The molecular weight excluding hydrogens is 272 g/mol. The van der Waals surface area contributed by atoms with E-state index in [1.807, 2.05) is 26.0 Å². The molecule has 0 fully saturated rings. The highest BCUT2D eigenvalue weighted by Crippen LogP contribution is 2.28. The van der Waals surface area contributed by atoms with E-state index in [1.165, 1.54) is 6.07 Å². The molecule has 0 aliphatic rings. The van der Waals surface area contributed by atoms with Crippen LogP contribution < -0.4 is 10.1 Å². The van der Waals surface area contributed by atoms with Crippen molar-refractivity contribution in [1.82, 2.24) is 5.32 Å². The molecule has 0 aliphatic carbocycles. The first kappa shape index (κ1) is 17.1. The summed E-state index contributed by atoms with van der Waals surface area (Å²) < 4.78 is 10.4. The smallest absolute Gasteiger partial charge is 0.311 e. The SMILES string of the molecule is COCCNCc1ccc(OCC=C(C)C)c([N+](=O)[O-])c1. The number of nitro benzene ring substituents is 1. The zero-order valence-corrected chi connectivity index (χ0v) is 12.7. The van der Waals surface area contributed by atoms with Crippen LogP contribution in [0.4, 0.5) is 5.69 Å². The van der Waals surface area contributed by atoms with Crippen LogP contribution >= 0.6 is 0 Å². The van der Waals surface area contributed by atoms with Gasteiger partial charge in [-0.3, -0.25) is 10.1 Å². The van der Waals surface area contributed by atoms with Crippen molar-refractivity contribution in [3.8, 4) is 5.75 Å². The van der Waals surface area contributed by atoms with Gasteiger partial charge in [0.2, 0.25) is 0 Å². The Morgan fingerprint density at radius 2 is 2.19 bits per heavy atom. The fourth-order valence-corrected chi connectivity index (χ4v) is 1.64. The molecule has 116 valence electrons. The van der Waals surface area contributed by atoms with Gasteiger partial charge in [-0.2, -0.15) is 0 Å². The zero-order chi connectivity index (χ0) is 15.7. The Kier molecular flexibility index (Phi) is 7.42. The third kappa shape index (κ3) is 6.37. The van der Waals surface area contributed by atoms with Gasteiger partial charge in [0.15, 0.2) is 5.75 Å². The molecule has 0 atom stereocenters. The third-order valence-corrected chi connectivity index (χ3v) is 2.76. The van der Waals surface area contributed by atoms with E-state index in [0.29, 0.717) is 26.3 Å². The van der Waals surface area contributed by atoms with Crippen molar-refractivity contribution in [2.45, 2.75) is 20.4 Å². The van der Waals surface area contributed by atoms with Gasteiger partial charge in [-0.05, 0) is 31.6 Å². The molecule has 0 amide bonds. The van der Waals surface area contributed by atoms with Crippen LogP contribution in [0.5, 0.6) is 5.75 Å². The van der Waals surface area contributed by atoms with E-state index in [4.69, 9.17) is 9.47 Å². The fraction of sp³-hybridized carbons (Fsp3) is 0.467. The number of nitrogens with one attached hydrogen (secondary N) is 1. The van der Waals surface area contributed by atoms with Crippen molar-refractivity contribution in [3.63, 3.8) is 0 Å². The molecular formula is C15H22N2O4. The van der Waals surface area contributed by atoms with Crippen LogP contribution in [0.2, 0.25) is 0 Å². The zero-order valence-electron chi connectivity index (χ0n) is 12.7. The van der Waals surface area contributed by atoms with Crippen LogP contribution in [0.15, 0.2) is 29.8 Å². The van der Waals surface area contributed by atoms with Gasteiger partial charge < -0.3 is 14.8 Å². The summed E-state index contributed by atoms with van der Waals surface area (Å²) in [5.74, 6) is 0.290. The maximum Gasteiger partial charge on any atom is 0.311 e. The predicted molar refractivity (Wildman–Crippen MR) is 81.6 cm³/mol. The van der Waals surface area contributed by atoms with Gasteiger partial charge in [-0.15, -0.1) is 0 Å². The minimum Gasteiger partial charge on any atom is -0.483 e. The van der Waals surface area contributed by atoms with Crippen LogP contribution in [0.1, 0.15) is 19.4 Å². The van der Waals surface area contributed by atoms with Crippen LogP contribution in [-0.2, 0) is 11.3 Å². The predicted octanol–water partition coefficient (Wildman–Crippen LogP) is 2.68. The number of nitrogens with zero attached hydrogens (tertiary/aromatic N) is 1. The van der Waals surface area contributed by atoms with E-state index in [9.17, 15) is 10.1 Å². The average Bonchev–Trinajstić information content (AvgIpc) is 2.44. The molecule has 1 N–H and O–H groups in total. The number of hydrogen-bond acceptors (Lipinski definition) is 5. The van der Waals surface area contributed by atoms with Crippen molar-refractivity contribution in [3.05, 3.63) is 45.5 Å². The topological polar surface area (TPSA) is 73.6 Å². The van der Waals surface area contributed by atoms with Gasteiger partial charge in [0, 0.05) is 26.3 Å². The van der Waals surface area contributed by atoms with Gasteiger partial charge in [-0.25, -0.2) is 0 Å². The Bertz CT molecular complexity index is 496.